The minimum Gasteiger partial charge on any atom is -0.346 e. The van der Waals surface area contributed by atoms with Crippen molar-refractivity contribution in [1.29, 1.82) is 0 Å². The average Bonchev–Trinajstić information content (AvgIpc) is 2.13. The molecule has 2 atom stereocenters. The lowest BCUT2D eigenvalue weighted by Crippen LogP contribution is -2.46. The molecule has 0 aromatic rings. The van der Waals surface area contributed by atoms with Gasteiger partial charge >= 0.3 is 0 Å². The van der Waals surface area contributed by atoms with E-state index in [1.165, 1.54) is 0 Å². The van der Waals surface area contributed by atoms with Gasteiger partial charge in [-0.1, -0.05) is 41.5 Å². The van der Waals surface area contributed by atoms with Crippen LogP contribution in [-0.2, 0) is 9.59 Å². The highest BCUT2D eigenvalue weighted by molar-refractivity contribution is 5.92. The summed E-state index contributed by atoms with van der Waals surface area (Å²) in [5.41, 5.74) is -0.409. The molecule has 0 aliphatic carbocycles. The summed E-state index contributed by atoms with van der Waals surface area (Å²) in [7, 11) is 0. The SMILES string of the molecule is CC(NC(=O)C(C)C(C)C)C(=O)C(C)(C)C. The van der Waals surface area contributed by atoms with Gasteiger partial charge in [0.1, 0.15) is 0 Å². The summed E-state index contributed by atoms with van der Waals surface area (Å²) in [5, 5.41) is 2.78. The first kappa shape index (κ1) is 15.1. The van der Waals surface area contributed by atoms with E-state index >= 15 is 0 Å². The first-order valence-electron chi connectivity index (χ1n) is 5.92. The molecular formula is C13H25NO2. The molecule has 16 heavy (non-hydrogen) atoms. The molecule has 0 radical (unpaired) electrons. The summed E-state index contributed by atoms with van der Waals surface area (Å²) in [5.74, 6) is 0.254. The van der Waals surface area contributed by atoms with E-state index in [1.54, 1.807) is 6.92 Å². The summed E-state index contributed by atoms with van der Waals surface area (Å²) in [6.07, 6.45) is 0. The van der Waals surface area contributed by atoms with Crippen molar-refractivity contribution in [2.24, 2.45) is 17.3 Å². The average molecular weight is 227 g/mol. The third kappa shape index (κ3) is 4.33. The van der Waals surface area contributed by atoms with Gasteiger partial charge in [0.2, 0.25) is 5.91 Å². The Morgan fingerprint density at radius 1 is 1.00 bits per heavy atom. The summed E-state index contributed by atoms with van der Waals surface area (Å²) in [6.45, 7) is 13.2. The quantitative estimate of drug-likeness (QED) is 0.801. The highest BCUT2D eigenvalue weighted by atomic mass is 16.2. The number of carbonyl (C=O) groups excluding carboxylic acids is 2. The predicted molar refractivity (Wildman–Crippen MR) is 66.1 cm³/mol. The van der Waals surface area contributed by atoms with Crippen LogP contribution in [0.3, 0.4) is 0 Å². The molecule has 94 valence electrons. The maximum atomic E-state index is 11.9. The zero-order chi connectivity index (χ0) is 13.1. The highest BCUT2D eigenvalue weighted by Crippen LogP contribution is 2.17. The fourth-order valence-electron chi connectivity index (χ4n) is 1.36. The molecule has 0 aliphatic rings. The molecule has 0 bridgehead atoms. The van der Waals surface area contributed by atoms with Gasteiger partial charge in [0, 0.05) is 11.3 Å². The lowest BCUT2D eigenvalue weighted by molar-refractivity contribution is -0.133. The van der Waals surface area contributed by atoms with E-state index < -0.39 is 11.5 Å². The fourth-order valence-corrected chi connectivity index (χ4v) is 1.36. The van der Waals surface area contributed by atoms with E-state index in [2.05, 4.69) is 5.32 Å². The Bertz CT molecular complexity index is 264. The lowest BCUT2D eigenvalue weighted by atomic mass is 9.86. The molecule has 0 aliphatic heterocycles. The third-order valence-corrected chi connectivity index (χ3v) is 2.90. The van der Waals surface area contributed by atoms with Crippen molar-refractivity contribution in [2.45, 2.75) is 54.5 Å². The second kappa shape index (κ2) is 5.46. The first-order valence-corrected chi connectivity index (χ1v) is 5.92. The van der Waals surface area contributed by atoms with Crippen LogP contribution in [0.1, 0.15) is 48.5 Å². The Morgan fingerprint density at radius 2 is 1.44 bits per heavy atom. The van der Waals surface area contributed by atoms with Gasteiger partial charge in [0.05, 0.1) is 6.04 Å². The van der Waals surface area contributed by atoms with Crippen LogP contribution in [0, 0.1) is 17.3 Å². The number of ketones is 1. The van der Waals surface area contributed by atoms with Crippen LogP contribution in [0.25, 0.3) is 0 Å². The number of hydrogen-bond acceptors (Lipinski definition) is 2. The van der Waals surface area contributed by atoms with E-state index in [0.717, 1.165) is 0 Å². The number of nitrogens with one attached hydrogen (secondary N) is 1. The van der Waals surface area contributed by atoms with E-state index in [0.29, 0.717) is 0 Å². The Labute approximate surface area is 99.0 Å². The van der Waals surface area contributed by atoms with Gasteiger partial charge in [-0.15, -0.1) is 0 Å². The van der Waals surface area contributed by atoms with Gasteiger partial charge in [0.15, 0.2) is 5.78 Å². The van der Waals surface area contributed by atoms with Gasteiger partial charge in [0.25, 0.3) is 0 Å². The molecule has 1 N–H and O–H groups in total. The molecule has 0 aromatic heterocycles. The number of Topliss-reactive ketones (excluding diaryl/α,β-unsaturated/α-hetero) is 1. The fraction of sp³-hybridized carbons (Fsp3) is 0.846. The van der Waals surface area contributed by atoms with Crippen molar-refractivity contribution in [3.8, 4) is 0 Å². The van der Waals surface area contributed by atoms with Gasteiger partial charge in [-0.3, -0.25) is 9.59 Å². The van der Waals surface area contributed by atoms with Crippen molar-refractivity contribution >= 4 is 11.7 Å². The van der Waals surface area contributed by atoms with E-state index in [-0.39, 0.29) is 23.5 Å². The summed E-state index contributed by atoms with van der Waals surface area (Å²) >= 11 is 0. The summed E-state index contributed by atoms with van der Waals surface area (Å²) in [6, 6.07) is -0.409. The van der Waals surface area contributed by atoms with Crippen molar-refractivity contribution in [3.05, 3.63) is 0 Å². The predicted octanol–water partition coefficient (Wildman–Crippen LogP) is 2.40. The standard InChI is InChI=1S/C13H25NO2/c1-8(2)9(3)12(16)14-10(4)11(15)13(5,6)7/h8-10H,1-7H3,(H,14,16). The smallest absolute Gasteiger partial charge is 0.223 e. The highest BCUT2D eigenvalue weighted by Gasteiger charge is 2.28. The maximum absolute atomic E-state index is 11.9. The van der Waals surface area contributed by atoms with Crippen LogP contribution in [0.4, 0.5) is 0 Å². The normalized spacial score (nSPS) is 15.8. The van der Waals surface area contributed by atoms with Crippen molar-refractivity contribution in [2.75, 3.05) is 0 Å². The van der Waals surface area contributed by atoms with Crippen molar-refractivity contribution in [1.82, 2.24) is 5.32 Å². The monoisotopic (exact) mass is 227 g/mol. The molecule has 0 saturated heterocycles. The molecule has 3 heteroatoms. The lowest BCUT2D eigenvalue weighted by Gasteiger charge is -2.24. The van der Waals surface area contributed by atoms with Gasteiger partial charge < -0.3 is 5.32 Å². The van der Waals surface area contributed by atoms with Gasteiger partial charge in [-0.05, 0) is 12.8 Å². The van der Waals surface area contributed by atoms with E-state index in [9.17, 15) is 9.59 Å². The molecule has 0 fully saturated rings. The van der Waals surface area contributed by atoms with Crippen molar-refractivity contribution < 1.29 is 9.59 Å². The number of amides is 1. The van der Waals surface area contributed by atoms with Crippen LogP contribution in [-0.4, -0.2) is 17.7 Å². The summed E-state index contributed by atoms with van der Waals surface area (Å²) in [4.78, 5) is 23.6. The largest absolute Gasteiger partial charge is 0.346 e. The molecule has 0 rings (SSSR count). The maximum Gasteiger partial charge on any atom is 0.223 e. The molecule has 3 nitrogen and oxygen atoms in total. The van der Waals surface area contributed by atoms with Crippen LogP contribution in [0.15, 0.2) is 0 Å². The number of hydrogen-bond donors (Lipinski definition) is 1. The number of rotatable bonds is 4. The molecule has 0 heterocycles. The molecule has 0 saturated carbocycles. The van der Waals surface area contributed by atoms with Gasteiger partial charge in [-0.25, -0.2) is 0 Å². The molecule has 0 aromatic carbocycles. The van der Waals surface area contributed by atoms with Crippen LogP contribution in [0.2, 0.25) is 0 Å². The van der Waals surface area contributed by atoms with E-state index in [1.807, 2.05) is 41.5 Å². The molecule has 2 unspecified atom stereocenters. The zero-order valence-electron chi connectivity index (χ0n) is 11.5. The molecule has 0 spiro atoms. The Hall–Kier alpha value is -0.860. The third-order valence-electron chi connectivity index (χ3n) is 2.90. The molecular weight excluding hydrogens is 202 g/mol. The van der Waals surface area contributed by atoms with E-state index in [4.69, 9.17) is 0 Å². The minimum atomic E-state index is -0.409. The topological polar surface area (TPSA) is 46.2 Å². The number of carbonyl (C=O) groups is 2. The second-order valence-corrected chi connectivity index (χ2v) is 5.88. The Kier molecular flexibility index (Phi) is 5.17. The van der Waals surface area contributed by atoms with Crippen LogP contribution >= 0.6 is 0 Å². The van der Waals surface area contributed by atoms with Crippen LogP contribution < -0.4 is 5.32 Å². The summed E-state index contributed by atoms with van der Waals surface area (Å²) < 4.78 is 0. The minimum absolute atomic E-state index is 0.0416. The van der Waals surface area contributed by atoms with Gasteiger partial charge in [-0.2, -0.15) is 0 Å². The Morgan fingerprint density at radius 3 is 1.75 bits per heavy atom. The van der Waals surface area contributed by atoms with Crippen molar-refractivity contribution in [3.63, 3.8) is 0 Å². The second-order valence-electron chi connectivity index (χ2n) is 5.88. The zero-order valence-corrected chi connectivity index (χ0v) is 11.5. The van der Waals surface area contributed by atoms with Crippen LogP contribution in [0.5, 0.6) is 0 Å². The molecule has 1 amide bonds. The Balaban J connectivity index is 4.42. The first-order chi connectivity index (χ1) is 7.07.